The summed E-state index contributed by atoms with van der Waals surface area (Å²) in [6.07, 6.45) is 3.50. The smallest absolute Gasteiger partial charge is 0.240 e. The molecule has 1 aromatic carbocycles. The maximum Gasteiger partial charge on any atom is 0.240 e. The molecule has 0 aliphatic carbocycles. The Morgan fingerprint density at radius 3 is 2.65 bits per heavy atom. The summed E-state index contributed by atoms with van der Waals surface area (Å²) in [5.41, 5.74) is 1.78. The summed E-state index contributed by atoms with van der Waals surface area (Å²) in [4.78, 5) is 4.31. The number of hydrogen-bond acceptors (Lipinski definition) is 4. The Morgan fingerprint density at radius 1 is 1.20 bits per heavy atom. The first-order valence-electron chi connectivity index (χ1n) is 6.23. The molecular weight excluding hydrogens is 274 g/mol. The summed E-state index contributed by atoms with van der Waals surface area (Å²) in [5.74, 6) is 0. The summed E-state index contributed by atoms with van der Waals surface area (Å²) in [7, 11) is -2.03. The van der Waals surface area contributed by atoms with Crippen LogP contribution in [0.1, 0.15) is 18.5 Å². The second kappa shape index (κ2) is 6.02. The van der Waals surface area contributed by atoms with E-state index in [0.717, 1.165) is 11.3 Å². The van der Waals surface area contributed by atoms with Crippen LogP contribution in [0.4, 0.5) is 5.69 Å². The zero-order valence-corrected chi connectivity index (χ0v) is 12.2. The van der Waals surface area contributed by atoms with Gasteiger partial charge < -0.3 is 5.32 Å². The maximum atomic E-state index is 11.8. The number of anilines is 1. The van der Waals surface area contributed by atoms with Gasteiger partial charge in [-0.1, -0.05) is 12.1 Å². The number of benzene rings is 1. The Labute approximate surface area is 119 Å². The highest BCUT2D eigenvalue weighted by Crippen LogP contribution is 2.21. The highest BCUT2D eigenvalue weighted by Gasteiger charge is 2.12. The van der Waals surface area contributed by atoms with Gasteiger partial charge in [-0.15, -0.1) is 0 Å². The van der Waals surface area contributed by atoms with Crippen LogP contribution in [0.3, 0.4) is 0 Å². The quantitative estimate of drug-likeness (QED) is 0.885. The van der Waals surface area contributed by atoms with Crippen molar-refractivity contribution in [3.8, 4) is 0 Å². The Bertz CT molecular complexity index is 672. The molecule has 5 nitrogen and oxygen atoms in total. The molecule has 0 bridgehead atoms. The molecule has 2 rings (SSSR count). The minimum absolute atomic E-state index is 0.0382. The van der Waals surface area contributed by atoms with Crippen molar-refractivity contribution in [2.75, 3.05) is 12.4 Å². The first-order valence-corrected chi connectivity index (χ1v) is 7.71. The summed E-state index contributed by atoms with van der Waals surface area (Å²) in [6, 6.07) is 10.6. The molecule has 1 heterocycles. The Hall–Kier alpha value is -1.92. The fourth-order valence-electron chi connectivity index (χ4n) is 1.84. The predicted octanol–water partition coefficient (Wildman–Crippen LogP) is 2.16. The molecule has 0 amide bonds. The average Bonchev–Trinajstić information content (AvgIpc) is 2.48. The molecular formula is C14H17N3O2S. The van der Waals surface area contributed by atoms with Gasteiger partial charge in [0.25, 0.3) is 0 Å². The number of nitrogens with one attached hydrogen (secondary N) is 2. The lowest BCUT2D eigenvalue weighted by Gasteiger charge is -2.16. The highest BCUT2D eigenvalue weighted by atomic mass is 32.2. The number of hydrogen-bond donors (Lipinski definition) is 2. The zero-order chi connectivity index (χ0) is 14.6. The summed E-state index contributed by atoms with van der Waals surface area (Å²) >= 11 is 0. The van der Waals surface area contributed by atoms with Crippen molar-refractivity contribution in [2.24, 2.45) is 0 Å². The first kappa shape index (κ1) is 14.5. The Balaban J connectivity index is 2.21. The standard InChI is InChI=1S/C14H17N3O2S/c1-11(12-5-4-8-16-10-12)17-13-6-3-7-14(9-13)20(18,19)15-2/h3-11,15,17H,1-2H3. The van der Waals surface area contributed by atoms with E-state index >= 15 is 0 Å². The van der Waals surface area contributed by atoms with E-state index in [2.05, 4.69) is 15.0 Å². The summed E-state index contributed by atoms with van der Waals surface area (Å²) < 4.78 is 25.8. The molecule has 0 saturated heterocycles. The van der Waals surface area contributed by atoms with E-state index < -0.39 is 10.0 Å². The van der Waals surface area contributed by atoms with E-state index in [1.54, 1.807) is 30.6 Å². The number of rotatable bonds is 5. The van der Waals surface area contributed by atoms with Crippen molar-refractivity contribution in [3.05, 3.63) is 54.4 Å². The molecule has 20 heavy (non-hydrogen) atoms. The van der Waals surface area contributed by atoms with Gasteiger partial charge in [0.15, 0.2) is 0 Å². The van der Waals surface area contributed by atoms with Crippen LogP contribution < -0.4 is 10.0 Å². The molecule has 0 aliphatic rings. The highest BCUT2D eigenvalue weighted by molar-refractivity contribution is 7.89. The van der Waals surface area contributed by atoms with Crippen LogP contribution in [-0.2, 0) is 10.0 Å². The van der Waals surface area contributed by atoms with E-state index in [0.29, 0.717) is 0 Å². The molecule has 0 aliphatic heterocycles. The molecule has 106 valence electrons. The summed E-state index contributed by atoms with van der Waals surface area (Å²) in [5, 5.41) is 3.26. The van der Waals surface area contributed by atoms with Crippen LogP contribution in [0.5, 0.6) is 0 Å². The van der Waals surface area contributed by atoms with E-state index in [1.165, 1.54) is 7.05 Å². The molecule has 0 saturated carbocycles. The van der Waals surface area contributed by atoms with Crippen molar-refractivity contribution < 1.29 is 8.42 Å². The van der Waals surface area contributed by atoms with Crippen molar-refractivity contribution in [3.63, 3.8) is 0 Å². The van der Waals surface area contributed by atoms with E-state index in [4.69, 9.17) is 0 Å². The van der Waals surface area contributed by atoms with Gasteiger partial charge in [0, 0.05) is 18.1 Å². The van der Waals surface area contributed by atoms with Crippen LogP contribution in [0.25, 0.3) is 0 Å². The van der Waals surface area contributed by atoms with Crippen LogP contribution >= 0.6 is 0 Å². The minimum Gasteiger partial charge on any atom is -0.378 e. The van der Waals surface area contributed by atoms with Crippen molar-refractivity contribution in [2.45, 2.75) is 17.9 Å². The first-order chi connectivity index (χ1) is 9.53. The Kier molecular flexibility index (Phi) is 4.36. The molecule has 1 unspecified atom stereocenters. The van der Waals surface area contributed by atoms with E-state index in [-0.39, 0.29) is 10.9 Å². The second-order valence-corrected chi connectivity index (χ2v) is 6.27. The second-order valence-electron chi connectivity index (χ2n) is 4.39. The van der Waals surface area contributed by atoms with Gasteiger partial charge in [0.1, 0.15) is 0 Å². The van der Waals surface area contributed by atoms with Gasteiger partial charge in [0.05, 0.1) is 10.9 Å². The number of pyridine rings is 1. The van der Waals surface area contributed by atoms with Crippen LogP contribution in [0.15, 0.2) is 53.7 Å². The monoisotopic (exact) mass is 291 g/mol. The van der Waals surface area contributed by atoms with E-state index in [9.17, 15) is 8.42 Å². The minimum atomic E-state index is -3.42. The molecule has 2 aromatic rings. The van der Waals surface area contributed by atoms with Crippen molar-refractivity contribution in [1.29, 1.82) is 0 Å². The van der Waals surface area contributed by atoms with Crippen LogP contribution in [-0.4, -0.2) is 20.4 Å². The SMILES string of the molecule is CNS(=O)(=O)c1cccc(NC(C)c2cccnc2)c1. The van der Waals surface area contributed by atoms with Gasteiger partial charge in [-0.05, 0) is 43.8 Å². The zero-order valence-electron chi connectivity index (χ0n) is 11.4. The largest absolute Gasteiger partial charge is 0.378 e. The van der Waals surface area contributed by atoms with Gasteiger partial charge in [-0.3, -0.25) is 4.98 Å². The third kappa shape index (κ3) is 3.34. The number of nitrogens with zero attached hydrogens (tertiary/aromatic N) is 1. The summed E-state index contributed by atoms with van der Waals surface area (Å²) in [6.45, 7) is 2.00. The molecule has 1 atom stereocenters. The number of aromatic nitrogens is 1. The van der Waals surface area contributed by atoms with Gasteiger partial charge >= 0.3 is 0 Å². The fraction of sp³-hybridized carbons (Fsp3) is 0.214. The van der Waals surface area contributed by atoms with Gasteiger partial charge in [-0.25, -0.2) is 13.1 Å². The fourth-order valence-corrected chi connectivity index (χ4v) is 2.61. The lowest BCUT2D eigenvalue weighted by atomic mass is 10.1. The van der Waals surface area contributed by atoms with Crippen LogP contribution in [0.2, 0.25) is 0 Å². The molecule has 2 N–H and O–H groups in total. The normalized spacial score (nSPS) is 12.9. The molecule has 0 fully saturated rings. The van der Waals surface area contributed by atoms with Gasteiger partial charge in [-0.2, -0.15) is 0 Å². The maximum absolute atomic E-state index is 11.8. The van der Waals surface area contributed by atoms with Crippen molar-refractivity contribution in [1.82, 2.24) is 9.71 Å². The molecule has 0 radical (unpaired) electrons. The van der Waals surface area contributed by atoms with Crippen LogP contribution in [0, 0.1) is 0 Å². The average molecular weight is 291 g/mol. The predicted molar refractivity (Wildman–Crippen MR) is 79.0 cm³/mol. The van der Waals surface area contributed by atoms with Gasteiger partial charge in [0.2, 0.25) is 10.0 Å². The molecule has 1 aromatic heterocycles. The third-order valence-corrected chi connectivity index (χ3v) is 4.39. The molecule has 0 spiro atoms. The lowest BCUT2D eigenvalue weighted by Crippen LogP contribution is -2.18. The van der Waals surface area contributed by atoms with E-state index in [1.807, 2.05) is 25.1 Å². The topological polar surface area (TPSA) is 71.1 Å². The third-order valence-electron chi connectivity index (χ3n) is 2.98. The Morgan fingerprint density at radius 2 is 2.00 bits per heavy atom. The number of sulfonamides is 1. The lowest BCUT2D eigenvalue weighted by molar-refractivity contribution is 0.588. The molecule has 6 heteroatoms. The van der Waals surface area contributed by atoms with Crippen molar-refractivity contribution >= 4 is 15.7 Å².